The zero-order chi connectivity index (χ0) is 16.5. The minimum Gasteiger partial charge on any atom is -0.399 e. The molecule has 4 rings (SSSR count). The zero-order valence-electron chi connectivity index (χ0n) is 13.5. The molecule has 118 valence electrons. The normalized spacial score (nSPS) is 11.2. The first-order chi connectivity index (χ1) is 11.7. The fourth-order valence-electron chi connectivity index (χ4n) is 3.23. The molecule has 0 spiro atoms. The predicted octanol–water partition coefficient (Wildman–Crippen LogP) is 4.94. The number of hydrogen-bond donors (Lipinski definition) is 2. The van der Waals surface area contributed by atoms with Crippen molar-refractivity contribution in [1.82, 2.24) is 0 Å². The van der Waals surface area contributed by atoms with Crippen LogP contribution >= 0.6 is 0 Å². The largest absolute Gasteiger partial charge is 0.399 e. The van der Waals surface area contributed by atoms with E-state index in [1.807, 2.05) is 24.3 Å². The van der Waals surface area contributed by atoms with Crippen LogP contribution < -0.4 is 11.5 Å². The van der Waals surface area contributed by atoms with Crippen LogP contribution in [0.15, 0.2) is 72.8 Å². The number of hydrogen-bond acceptors (Lipinski definition) is 2. The highest BCUT2D eigenvalue weighted by Gasteiger charge is 2.01. The Morgan fingerprint density at radius 1 is 0.458 bits per heavy atom. The molecule has 0 unspecified atom stereocenters. The highest BCUT2D eigenvalue weighted by atomic mass is 14.5. The number of aryl methyl sites for hydroxylation is 2. The summed E-state index contributed by atoms with van der Waals surface area (Å²) < 4.78 is 0. The van der Waals surface area contributed by atoms with E-state index in [-0.39, 0.29) is 0 Å². The standard InChI is InChI=1S/C22H20N2/c23-21-9-7-17-11-15(3-5-19(17)13-21)1-2-16-4-6-20-14-22(24)10-8-18(20)12-16/h3-14H,1-2,23-24H2. The Hall–Kier alpha value is -3.00. The number of nitrogens with two attached hydrogens (primary N) is 2. The summed E-state index contributed by atoms with van der Waals surface area (Å²) in [6, 6.07) is 25.4. The minimum absolute atomic E-state index is 0.812. The van der Waals surface area contributed by atoms with Gasteiger partial charge in [-0.15, -0.1) is 0 Å². The van der Waals surface area contributed by atoms with Crippen LogP contribution in [0.1, 0.15) is 11.1 Å². The van der Waals surface area contributed by atoms with Gasteiger partial charge in [-0.1, -0.05) is 48.5 Å². The maximum absolute atomic E-state index is 5.84. The molecule has 0 atom stereocenters. The van der Waals surface area contributed by atoms with Gasteiger partial charge in [0, 0.05) is 11.4 Å². The number of fused-ring (bicyclic) bond motifs is 2. The fourth-order valence-corrected chi connectivity index (χ4v) is 3.23. The number of benzene rings is 4. The molecule has 2 heteroatoms. The molecule has 0 aliphatic rings. The molecule has 4 N–H and O–H groups in total. The van der Waals surface area contributed by atoms with Crippen molar-refractivity contribution in [2.24, 2.45) is 0 Å². The molecule has 0 aliphatic carbocycles. The summed E-state index contributed by atoms with van der Waals surface area (Å²) in [7, 11) is 0. The average molecular weight is 312 g/mol. The molecule has 0 saturated heterocycles. The van der Waals surface area contributed by atoms with Crippen LogP contribution in [0.4, 0.5) is 11.4 Å². The predicted molar refractivity (Wildman–Crippen MR) is 104 cm³/mol. The van der Waals surface area contributed by atoms with Gasteiger partial charge in [0.25, 0.3) is 0 Å². The van der Waals surface area contributed by atoms with Gasteiger partial charge in [-0.05, 0) is 69.8 Å². The quantitative estimate of drug-likeness (QED) is 0.526. The molecule has 0 amide bonds. The van der Waals surface area contributed by atoms with E-state index in [1.165, 1.54) is 32.7 Å². The smallest absolute Gasteiger partial charge is 0.0320 e. The Morgan fingerprint density at radius 2 is 0.833 bits per heavy atom. The van der Waals surface area contributed by atoms with E-state index in [4.69, 9.17) is 11.5 Å². The lowest BCUT2D eigenvalue weighted by atomic mass is 9.99. The third kappa shape index (κ3) is 2.91. The van der Waals surface area contributed by atoms with Crippen LogP contribution in [0.25, 0.3) is 21.5 Å². The summed E-state index contributed by atoms with van der Waals surface area (Å²) in [5.74, 6) is 0. The van der Waals surface area contributed by atoms with Gasteiger partial charge in [0.05, 0.1) is 0 Å². The van der Waals surface area contributed by atoms with E-state index in [2.05, 4.69) is 48.5 Å². The van der Waals surface area contributed by atoms with Crippen molar-refractivity contribution in [2.45, 2.75) is 12.8 Å². The van der Waals surface area contributed by atoms with Crippen LogP contribution in [0.5, 0.6) is 0 Å². The molecule has 0 bridgehead atoms. The first-order valence-electron chi connectivity index (χ1n) is 8.24. The Kier molecular flexibility index (Phi) is 3.58. The van der Waals surface area contributed by atoms with Crippen LogP contribution in [0, 0.1) is 0 Å². The molecule has 4 aromatic carbocycles. The molecule has 0 fully saturated rings. The van der Waals surface area contributed by atoms with Gasteiger partial charge >= 0.3 is 0 Å². The molecule has 0 radical (unpaired) electrons. The summed E-state index contributed by atoms with van der Waals surface area (Å²) in [6.07, 6.45) is 2.06. The van der Waals surface area contributed by atoms with Gasteiger partial charge in [0.2, 0.25) is 0 Å². The Bertz CT molecular complexity index is 949. The summed E-state index contributed by atoms with van der Waals surface area (Å²) in [6.45, 7) is 0. The van der Waals surface area contributed by atoms with Crippen molar-refractivity contribution in [2.75, 3.05) is 11.5 Å². The lowest BCUT2D eigenvalue weighted by molar-refractivity contribution is 0.964. The van der Waals surface area contributed by atoms with Crippen molar-refractivity contribution >= 4 is 32.9 Å². The monoisotopic (exact) mass is 312 g/mol. The van der Waals surface area contributed by atoms with Crippen LogP contribution in [0.3, 0.4) is 0 Å². The molecule has 4 aromatic rings. The lowest BCUT2D eigenvalue weighted by Gasteiger charge is -2.07. The second-order valence-corrected chi connectivity index (χ2v) is 6.38. The third-order valence-corrected chi connectivity index (χ3v) is 4.56. The van der Waals surface area contributed by atoms with E-state index < -0.39 is 0 Å². The summed E-state index contributed by atoms with van der Waals surface area (Å²) in [5.41, 5.74) is 16.0. The lowest BCUT2D eigenvalue weighted by Crippen LogP contribution is -1.92. The summed E-state index contributed by atoms with van der Waals surface area (Å²) in [4.78, 5) is 0. The van der Waals surface area contributed by atoms with Gasteiger partial charge in [-0.2, -0.15) is 0 Å². The van der Waals surface area contributed by atoms with Crippen molar-refractivity contribution in [3.05, 3.63) is 83.9 Å². The molecule has 2 nitrogen and oxygen atoms in total. The average Bonchev–Trinajstić information content (AvgIpc) is 2.60. The second kappa shape index (κ2) is 5.89. The third-order valence-electron chi connectivity index (χ3n) is 4.56. The van der Waals surface area contributed by atoms with E-state index >= 15 is 0 Å². The SMILES string of the molecule is Nc1ccc2cc(CCc3ccc4cc(N)ccc4c3)ccc2c1. The van der Waals surface area contributed by atoms with E-state index in [9.17, 15) is 0 Å². The van der Waals surface area contributed by atoms with Crippen LogP contribution in [0.2, 0.25) is 0 Å². The van der Waals surface area contributed by atoms with Crippen LogP contribution in [-0.4, -0.2) is 0 Å². The Balaban J connectivity index is 1.56. The molecule has 0 aromatic heterocycles. The van der Waals surface area contributed by atoms with Crippen molar-refractivity contribution < 1.29 is 0 Å². The number of nitrogen functional groups attached to an aromatic ring is 2. The van der Waals surface area contributed by atoms with E-state index in [0.717, 1.165) is 24.2 Å². The van der Waals surface area contributed by atoms with Crippen molar-refractivity contribution in [1.29, 1.82) is 0 Å². The molecule has 24 heavy (non-hydrogen) atoms. The fraction of sp³-hybridized carbons (Fsp3) is 0.0909. The summed E-state index contributed by atoms with van der Waals surface area (Å²) in [5, 5.41) is 4.88. The second-order valence-electron chi connectivity index (χ2n) is 6.38. The number of anilines is 2. The maximum Gasteiger partial charge on any atom is 0.0320 e. The molecule has 0 heterocycles. The van der Waals surface area contributed by atoms with Crippen molar-refractivity contribution in [3.8, 4) is 0 Å². The highest BCUT2D eigenvalue weighted by Crippen LogP contribution is 2.22. The van der Waals surface area contributed by atoms with E-state index in [1.54, 1.807) is 0 Å². The van der Waals surface area contributed by atoms with Gasteiger partial charge in [0.15, 0.2) is 0 Å². The molecular formula is C22H20N2. The zero-order valence-corrected chi connectivity index (χ0v) is 13.5. The molecular weight excluding hydrogens is 292 g/mol. The minimum atomic E-state index is 0.812. The van der Waals surface area contributed by atoms with Crippen LogP contribution in [-0.2, 0) is 12.8 Å². The first-order valence-corrected chi connectivity index (χ1v) is 8.24. The Morgan fingerprint density at radius 3 is 1.29 bits per heavy atom. The summed E-state index contributed by atoms with van der Waals surface area (Å²) >= 11 is 0. The topological polar surface area (TPSA) is 52.0 Å². The van der Waals surface area contributed by atoms with Gasteiger partial charge in [-0.3, -0.25) is 0 Å². The van der Waals surface area contributed by atoms with Crippen molar-refractivity contribution in [3.63, 3.8) is 0 Å². The first kappa shape index (κ1) is 14.6. The van der Waals surface area contributed by atoms with Gasteiger partial charge in [-0.25, -0.2) is 0 Å². The number of rotatable bonds is 3. The van der Waals surface area contributed by atoms with Gasteiger partial charge in [0.1, 0.15) is 0 Å². The Labute approximate surface area is 141 Å². The van der Waals surface area contributed by atoms with Gasteiger partial charge < -0.3 is 11.5 Å². The van der Waals surface area contributed by atoms with E-state index in [0.29, 0.717) is 0 Å². The molecule has 0 aliphatic heterocycles. The maximum atomic E-state index is 5.84. The highest BCUT2D eigenvalue weighted by molar-refractivity contribution is 5.86. The molecule has 0 saturated carbocycles.